The molecule has 6 heteroatoms. The van der Waals surface area contributed by atoms with Gasteiger partial charge >= 0.3 is 0 Å². The van der Waals surface area contributed by atoms with Gasteiger partial charge in [0, 0.05) is 9.26 Å². The second-order valence-corrected chi connectivity index (χ2v) is 5.31. The number of nitrogens with one attached hydrogen (secondary N) is 1. The maximum Gasteiger partial charge on any atom is 0.169 e. The van der Waals surface area contributed by atoms with Crippen LogP contribution >= 0.6 is 34.2 Å². The van der Waals surface area contributed by atoms with Crippen LogP contribution in [0.5, 0.6) is 0 Å². The van der Waals surface area contributed by atoms with E-state index in [9.17, 15) is 4.39 Å². The monoisotopic (exact) mass is 377 g/mol. The Morgan fingerprint density at radius 2 is 1.72 bits per heavy atom. The maximum absolute atomic E-state index is 13.9. The fourth-order valence-corrected chi connectivity index (χ4v) is 1.98. The minimum absolute atomic E-state index is 0.125. The molecule has 0 aliphatic rings. The minimum Gasteiger partial charge on any atom is -0.397 e. The molecule has 0 aliphatic carbocycles. The molecular weight excluding hydrogens is 368 g/mol. The summed E-state index contributed by atoms with van der Waals surface area (Å²) in [6.45, 7) is 0. The SMILES string of the molecule is Nc1cc(N)c(Nc2ccc(I)cc2)c(F)c1Cl. The van der Waals surface area contributed by atoms with Crippen LogP contribution in [0, 0.1) is 9.39 Å². The van der Waals surface area contributed by atoms with E-state index in [1.165, 1.54) is 6.07 Å². The molecule has 0 unspecified atom stereocenters. The molecule has 2 rings (SSSR count). The lowest BCUT2D eigenvalue weighted by Crippen LogP contribution is -2.02. The zero-order valence-corrected chi connectivity index (χ0v) is 12.1. The molecule has 2 aromatic rings. The molecule has 0 atom stereocenters. The Morgan fingerprint density at radius 1 is 1.11 bits per heavy atom. The standard InChI is InChI=1S/C12H10ClFIN3/c13-10-8(16)5-9(17)12(11(10)14)18-7-3-1-6(15)2-4-7/h1-5,18H,16-17H2. The van der Waals surface area contributed by atoms with Crippen LogP contribution < -0.4 is 16.8 Å². The molecule has 0 amide bonds. The lowest BCUT2D eigenvalue weighted by Gasteiger charge is -2.13. The van der Waals surface area contributed by atoms with Crippen molar-refractivity contribution in [3.05, 3.63) is 44.7 Å². The zero-order chi connectivity index (χ0) is 13.3. The molecule has 0 aromatic heterocycles. The van der Waals surface area contributed by atoms with Crippen LogP contribution in [0.25, 0.3) is 0 Å². The number of rotatable bonds is 2. The molecule has 2 aromatic carbocycles. The van der Waals surface area contributed by atoms with Gasteiger partial charge in [0.1, 0.15) is 5.02 Å². The van der Waals surface area contributed by atoms with Crippen LogP contribution in [0.1, 0.15) is 0 Å². The Bertz CT molecular complexity index is 587. The van der Waals surface area contributed by atoms with Crippen molar-refractivity contribution in [1.82, 2.24) is 0 Å². The Kier molecular flexibility index (Phi) is 3.82. The largest absolute Gasteiger partial charge is 0.397 e. The van der Waals surface area contributed by atoms with Gasteiger partial charge in [-0.15, -0.1) is 0 Å². The Labute approximate surface area is 122 Å². The van der Waals surface area contributed by atoms with E-state index in [1.807, 2.05) is 24.3 Å². The van der Waals surface area contributed by atoms with Crippen LogP contribution in [0.3, 0.4) is 0 Å². The first-order chi connectivity index (χ1) is 8.49. The van der Waals surface area contributed by atoms with Crippen LogP contribution in [0.4, 0.5) is 27.1 Å². The van der Waals surface area contributed by atoms with E-state index in [0.717, 1.165) is 9.26 Å². The Morgan fingerprint density at radius 3 is 2.33 bits per heavy atom. The highest BCUT2D eigenvalue weighted by Crippen LogP contribution is 2.35. The number of anilines is 4. The molecule has 0 aliphatic heterocycles. The summed E-state index contributed by atoms with van der Waals surface area (Å²) in [4.78, 5) is 0. The van der Waals surface area contributed by atoms with E-state index < -0.39 is 5.82 Å². The summed E-state index contributed by atoms with van der Waals surface area (Å²) < 4.78 is 15.0. The maximum atomic E-state index is 13.9. The van der Waals surface area contributed by atoms with Gasteiger partial charge in [0.2, 0.25) is 0 Å². The van der Waals surface area contributed by atoms with E-state index >= 15 is 0 Å². The first-order valence-corrected chi connectivity index (χ1v) is 6.50. The topological polar surface area (TPSA) is 64.1 Å². The van der Waals surface area contributed by atoms with Crippen molar-refractivity contribution in [2.75, 3.05) is 16.8 Å². The third-order valence-corrected chi connectivity index (χ3v) is 3.48. The lowest BCUT2D eigenvalue weighted by molar-refractivity contribution is 0.633. The van der Waals surface area contributed by atoms with Gasteiger partial charge in [-0.1, -0.05) is 11.6 Å². The van der Waals surface area contributed by atoms with E-state index in [2.05, 4.69) is 27.9 Å². The fourth-order valence-electron chi connectivity index (χ4n) is 1.47. The van der Waals surface area contributed by atoms with Crippen molar-refractivity contribution >= 4 is 56.9 Å². The van der Waals surface area contributed by atoms with Crippen molar-refractivity contribution in [2.45, 2.75) is 0 Å². The number of hydrogen-bond acceptors (Lipinski definition) is 3. The van der Waals surface area contributed by atoms with Gasteiger partial charge in [-0.2, -0.15) is 0 Å². The highest BCUT2D eigenvalue weighted by molar-refractivity contribution is 14.1. The summed E-state index contributed by atoms with van der Waals surface area (Å²) in [6, 6.07) is 8.88. The van der Waals surface area contributed by atoms with E-state index in [4.69, 9.17) is 23.1 Å². The number of benzene rings is 2. The highest BCUT2D eigenvalue weighted by Gasteiger charge is 2.14. The van der Waals surface area contributed by atoms with E-state index in [0.29, 0.717) is 0 Å². The predicted molar refractivity (Wildman–Crippen MR) is 82.7 cm³/mol. The molecular formula is C12H10ClFIN3. The van der Waals surface area contributed by atoms with E-state index in [-0.39, 0.29) is 22.1 Å². The van der Waals surface area contributed by atoms with Crippen LogP contribution in [0.2, 0.25) is 5.02 Å². The lowest BCUT2D eigenvalue weighted by atomic mass is 10.2. The number of nitrogen functional groups attached to an aromatic ring is 2. The normalized spacial score (nSPS) is 10.4. The van der Waals surface area contributed by atoms with Gasteiger partial charge < -0.3 is 16.8 Å². The molecule has 0 bridgehead atoms. The first kappa shape index (κ1) is 13.2. The molecule has 0 saturated carbocycles. The van der Waals surface area contributed by atoms with Crippen molar-refractivity contribution in [1.29, 1.82) is 0 Å². The van der Waals surface area contributed by atoms with Gasteiger partial charge in [-0.3, -0.25) is 0 Å². The molecule has 0 heterocycles. The quantitative estimate of drug-likeness (QED) is 0.548. The molecule has 3 nitrogen and oxygen atoms in total. The Hall–Kier alpha value is -1.21. The third-order valence-electron chi connectivity index (χ3n) is 2.38. The predicted octanol–water partition coefficient (Wildman–Crippen LogP) is 3.99. The van der Waals surface area contributed by atoms with Crippen LogP contribution in [-0.4, -0.2) is 0 Å². The average Bonchev–Trinajstić information content (AvgIpc) is 2.34. The van der Waals surface area contributed by atoms with Gasteiger partial charge in [0.15, 0.2) is 5.82 Å². The summed E-state index contributed by atoms with van der Waals surface area (Å²) in [5.41, 5.74) is 12.4. The summed E-state index contributed by atoms with van der Waals surface area (Å²) in [6.07, 6.45) is 0. The van der Waals surface area contributed by atoms with Crippen molar-refractivity contribution < 1.29 is 4.39 Å². The minimum atomic E-state index is -0.646. The van der Waals surface area contributed by atoms with Crippen molar-refractivity contribution in [3.63, 3.8) is 0 Å². The Balaban J connectivity index is 2.40. The van der Waals surface area contributed by atoms with Crippen LogP contribution in [-0.2, 0) is 0 Å². The summed E-state index contributed by atoms with van der Waals surface area (Å²) in [5.74, 6) is -0.646. The van der Waals surface area contributed by atoms with E-state index in [1.54, 1.807) is 0 Å². The molecule has 18 heavy (non-hydrogen) atoms. The smallest absolute Gasteiger partial charge is 0.169 e. The van der Waals surface area contributed by atoms with Crippen LogP contribution in [0.15, 0.2) is 30.3 Å². The fraction of sp³-hybridized carbons (Fsp3) is 0. The molecule has 0 fully saturated rings. The van der Waals surface area contributed by atoms with Crippen molar-refractivity contribution in [2.24, 2.45) is 0 Å². The van der Waals surface area contributed by atoms with Gasteiger partial charge in [-0.25, -0.2) is 4.39 Å². The first-order valence-electron chi connectivity index (χ1n) is 5.04. The molecule has 0 spiro atoms. The second kappa shape index (κ2) is 5.19. The molecule has 0 saturated heterocycles. The molecule has 94 valence electrons. The van der Waals surface area contributed by atoms with Gasteiger partial charge in [-0.05, 0) is 52.9 Å². The van der Waals surface area contributed by atoms with Gasteiger partial charge in [0.05, 0.1) is 17.1 Å². The second-order valence-electron chi connectivity index (χ2n) is 3.69. The molecule has 5 N–H and O–H groups in total. The summed E-state index contributed by atoms with van der Waals surface area (Å²) in [7, 11) is 0. The number of halogens is 3. The third kappa shape index (κ3) is 2.62. The van der Waals surface area contributed by atoms with Crippen molar-refractivity contribution in [3.8, 4) is 0 Å². The van der Waals surface area contributed by atoms with Gasteiger partial charge in [0.25, 0.3) is 0 Å². The zero-order valence-electron chi connectivity index (χ0n) is 9.18. The number of hydrogen-bond donors (Lipinski definition) is 3. The average molecular weight is 378 g/mol. The number of nitrogens with two attached hydrogens (primary N) is 2. The highest BCUT2D eigenvalue weighted by atomic mass is 127. The summed E-state index contributed by atoms with van der Waals surface area (Å²) >= 11 is 7.94. The molecule has 0 radical (unpaired) electrons. The summed E-state index contributed by atoms with van der Waals surface area (Å²) in [5, 5.41) is 2.76.